The van der Waals surface area contributed by atoms with E-state index < -0.39 is 0 Å². The second kappa shape index (κ2) is 9.13. The van der Waals surface area contributed by atoms with Gasteiger partial charge in [-0.3, -0.25) is 9.48 Å². The topological polar surface area (TPSA) is 78.3 Å². The quantitative estimate of drug-likeness (QED) is 0.489. The summed E-state index contributed by atoms with van der Waals surface area (Å²) in [5.74, 6) is 0.899. The minimum Gasteiger partial charge on any atom is -0.497 e. The number of nitrogens with zero attached hydrogens (tertiary/aromatic N) is 3. The molecule has 7 nitrogen and oxygen atoms in total. The summed E-state index contributed by atoms with van der Waals surface area (Å²) >= 11 is 0. The Balaban J connectivity index is 1.68. The van der Waals surface area contributed by atoms with Gasteiger partial charge in [0.25, 0.3) is 5.91 Å². The summed E-state index contributed by atoms with van der Waals surface area (Å²) in [4.78, 5) is 17.3. The van der Waals surface area contributed by atoms with E-state index in [1.165, 1.54) is 0 Å². The minimum atomic E-state index is -0.274. The summed E-state index contributed by atoms with van der Waals surface area (Å²) in [5, 5.41) is 7.59. The fraction of sp³-hybridized carbons (Fsp3) is 0.125. The van der Waals surface area contributed by atoms with E-state index in [2.05, 4.69) is 10.3 Å². The first-order valence-electron chi connectivity index (χ1n) is 9.73. The number of carbonyl (C=O) groups is 1. The van der Waals surface area contributed by atoms with Crippen molar-refractivity contribution in [3.63, 3.8) is 0 Å². The van der Waals surface area contributed by atoms with Crippen LogP contribution >= 0.6 is 0 Å². The van der Waals surface area contributed by atoms with Crippen LogP contribution in [0.4, 0.5) is 5.69 Å². The molecule has 0 aliphatic heterocycles. The van der Waals surface area contributed by atoms with E-state index in [1.54, 1.807) is 43.4 Å². The second-order valence-corrected chi connectivity index (χ2v) is 6.85. The summed E-state index contributed by atoms with van der Waals surface area (Å²) in [6, 6.07) is 20.9. The summed E-state index contributed by atoms with van der Waals surface area (Å²) in [7, 11) is 3.15. The lowest BCUT2D eigenvalue weighted by molar-refractivity contribution is 0.102. The van der Waals surface area contributed by atoms with Crippen LogP contribution in [0.15, 0.2) is 79.1 Å². The highest BCUT2D eigenvalue weighted by Crippen LogP contribution is 2.27. The number of hydrogen-bond donors (Lipinski definition) is 1. The van der Waals surface area contributed by atoms with Crippen molar-refractivity contribution in [3.05, 3.63) is 90.3 Å². The first kappa shape index (κ1) is 20.2. The van der Waals surface area contributed by atoms with E-state index in [9.17, 15) is 4.79 Å². The Bertz CT molecular complexity index is 1170. The zero-order chi connectivity index (χ0) is 21.6. The maximum atomic E-state index is 13.1. The number of nitrogens with one attached hydrogen (secondary N) is 1. The van der Waals surface area contributed by atoms with Crippen LogP contribution in [0, 0.1) is 0 Å². The van der Waals surface area contributed by atoms with Gasteiger partial charge < -0.3 is 14.8 Å². The molecule has 0 saturated heterocycles. The Hall–Kier alpha value is -4.13. The average Bonchev–Trinajstić information content (AvgIpc) is 3.24. The van der Waals surface area contributed by atoms with Gasteiger partial charge in [0.05, 0.1) is 38.2 Å². The van der Waals surface area contributed by atoms with Gasteiger partial charge in [-0.2, -0.15) is 5.10 Å². The Labute approximate surface area is 180 Å². The highest BCUT2D eigenvalue weighted by atomic mass is 16.5. The van der Waals surface area contributed by atoms with E-state index in [0.717, 1.165) is 11.1 Å². The molecule has 31 heavy (non-hydrogen) atoms. The molecular formula is C24H22N4O3. The molecule has 2 aromatic carbocycles. The standard InChI is InChI=1S/C24H22N4O3/c1-30-20-10-6-9-18(13-20)23-21(16-28(27-23)15-17-7-4-3-5-8-17)24(29)26-19-11-12-22(31-2)25-14-19/h3-14,16H,15H2,1-2H3,(H,26,29). The minimum absolute atomic E-state index is 0.274. The third-order valence-electron chi connectivity index (χ3n) is 4.74. The van der Waals surface area contributed by atoms with Gasteiger partial charge in [0.15, 0.2) is 0 Å². The molecule has 1 N–H and O–H groups in total. The molecule has 2 aromatic heterocycles. The van der Waals surface area contributed by atoms with Crippen LogP contribution in [0.3, 0.4) is 0 Å². The van der Waals surface area contributed by atoms with Crippen molar-refractivity contribution in [1.82, 2.24) is 14.8 Å². The molecule has 0 spiro atoms. The van der Waals surface area contributed by atoms with Crippen LogP contribution in [-0.2, 0) is 6.54 Å². The van der Waals surface area contributed by atoms with Crippen LogP contribution in [0.1, 0.15) is 15.9 Å². The highest BCUT2D eigenvalue weighted by Gasteiger charge is 2.19. The molecule has 0 radical (unpaired) electrons. The smallest absolute Gasteiger partial charge is 0.259 e. The van der Waals surface area contributed by atoms with Gasteiger partial charge in [0, 0.05) is 17.8 Å². The zero-order valence-electron chi connectivity index (χ0n) is 17.3. The van der Waals surface area contributed by atoms with E-state index >= 15 is 0 Å². The lowest BCUT2D eigenvalue weighted by Crippen LogP contribution is -2.12. The zero-order valence-corrected chi connectivity index (χ0v) is 17.3. The molecule has 0 saturated carbocycles. The summed E-state index contributed by atoms with van der Waals surface area (Å²) in [5.41, 5.74) is 3.49. The summed E-state index contributed by atoms with van der Waals surface area (Å²) in [6.45, 7) is 0.551. The summed E-state index contributed by atoms with van der Waals surface area (Å²) in [6.07, 6.45) is 3.31. The SMILES string of the molecule is COc1cccc(-c2nn(Cc3ccccc3)cc2C(=O)Nc2ccc(OC)nc2)c1. The van der Waals surface area contributed by atoms with Gasteiger partial charge in [0.1, 0.15) is 11.4 Å². The number of carbonyl (C=O) groups excluding carboxylic acids is 1. The number of rotatable bonds is 7. The number of benzene rings is 2. The Morgan fingerprint density at radius 3 is 2.55 bits per heavy atom. The molecule has 0 bridgehead atoms. The lowest BCUT2D eigenvalue weighted by Gasteiger charge is -2.07. The van der Waals surface area contributed by atoms with E-state index in [4.69, 9.17) is 14.6 Å². The Kier molecular flexibility index (Phi) is 5.93. The monoisotopic (exact) mass is 414 g/mol. The van der Waals surface area contributed by atoms with Gasteiger partial charge in [0.2, 0.25) is 5.88 Å². The largest absolute Gasteiger partial charge is 0.497 e. The molecule has 0 atom stereocenters. The first-order chi connectivity index (χ1) is 15.2. The fourth-order valence-electron chi connectivity index (χ4n) is 3.20. The molecule has 0 aliphatic rings. The van der Waals surface area contributed by atoms with E-state index in [1.807, 2.05) is 54.6 Å². The van der Waals surface area contributed by atoms with Gasteiger partial charge in [-0.25, -0.2) is 4.98 Å². The molecule has 7 heteroatoms. The van der Waals surface area contributed by atoms with Gasteiger partial charge in [-0.05, 0) is 23.8 Å². The third-order valence-corrected chi connectivity index (χ3v) is 4.74. The normalized spacial score (nSPS) is 10.5. The molecule has 0 aliphatic carbocycles. The predicted molar refractivity (Wildman–Crippen MR) is 119 cm³/mol. The molecule has 156 valence electrons. The maximum Gasteiger partial charge on any atom is 0.259 e. The van der Waals surface area contributed by atoms with Crippen molar-refractivity contribution in [2.24, 2.45) is 0 Å². The van der Waals surface area contributed by atoms with Crippen molar-refractivity contribution in [2.45, 2.75) is 6.54 Å². The van der Waals surface area contributed by atoms with Crippen LogP contribution in [0.2, 0.25) is 0 Å². The van der Waals surface area contributed by atoms with Crippen LogP contribution in [-0.4, -0.2) is 34.9 Å². The fourth-order valence-corrected chi connectivity index (χ4v) is 3.20. The van der Waals surface area contributed by atoms with Crippen molar-refractivity contribution in [1.29, 1.82) is 0 Å². The van der Waals surface area contributed by atoms with Gasteiger partial charge >= 0.3 is 0 Å². The number of amides is 1. The van der Waals surface area contributed by atoms with Gasteiger partial charge in [-0.1, -0.05) is 42.5 Å². The first-order valence-corrected chi connectivity index (χ1v) is 9.73. The lowest BCUT2D eigenvalue weighted by atomic mass is 10.1. The molecule has 2 heterocycles. The van der Waals surface area contributed by atoms with Crippen molar-refractivity contribution < 1.29 is 14.3 Å². The van der Waals surface area contributed by atoms with Crippen molar-refractivity contribution in [3.8, 4) is 22.9 Å². The van der Waals surface area contributed by atoms with Crippen LogP contribution < -0.4 is 14.8 Å². The maximum absolute atomic E-state index is 13.1. The number of pyridine rings is 1. The highest BCUT2D eigenvalue weighted by molar-refractivity contribution is 6.08. The number of ether oxygens (including phenoxy) is 2. The molecule has 4 aromatic rings. The number of aromatic nitrogens is 3. The number of anilines is 1. The molecule has 1 amide bonds. The molecule has 4 rings (SSSR count). The predicted octanol–water partition coefficient (Wildman–Crippen LogP) is 4.26. The van der Waals surface area contributed by atoms with Crippen LogP contribution in [0.25, 0.3) is 11.3 Å². The summed E-state index contributed by atoms with van der Waals surface area (Å²) < 4.78 is 12.2. The molecule has 0 unspecified atom stereocenters. The molecular weight excluding hydrogens is 392 g/mol. The second-order valence-electron chi connectivity index (χ2n) is 6.85. The average molecular weight is 414 g/mol. The van der Waals surface area contributed by atoms with E-state index in [0.29, 0.717) is 35.1 Å². The Morgan fingerprint density at radius 1 is 1.00 bits per heavy atom. The van der Waals surface area contributed by atoms with E-state index in [-0.39, 0.29) is 5.91 Å². The van der Waals surface area contributed by atoms with Gasteiger partial charge in [-0.15, -0.1) is 0 Å². The van der Waals surface area contributed by atoms with Crippen LogP contribution in [0.5, 0.6) is 11.6 Å². The number of methoxy groups -OCH3 is 2. The molecule has 0 fully saturated rings. The Morgan fingerprint density at radius 2 is 1.84 bits per heavy atom. The third kappa shape index (κ3) is 4.72. The van der Waals surface area contributed by atoms with Crippen molar-refractivity contribution in [2.75, 3.05) is 19.5 Å². The number of hydrogen-bond acceptors (Lipinski definition) is 5. The van der Waals surface area contributed by atoms with Crippen molar-refractivity contribution >= 4 is 11.6 Å².